The van der Waals surface area contributed by atoms with E-state index in [9.17, 15) is 24.5 Å². The van der Waals surface area contributed by atoms with Crippen LogP contribution in [0, 0.1) is 10.1 Å². The first-order valence-corrected chi connectivity index (χ1v) is 10.1. The lowest BCUT2D eigenvalue weighted by Gasteiger charge is -2.18. The van der Waals surface area contributed by atoms with Crippen molar-refractivity contribution in [3.63, 3.8) is 0 Å². The molecule has 2 aliphatic heterocycles. The molecule has 1 saturated heterocycles. The fraction of sp³-hybridized carbons (Fsp3) is 0.318. The van der Waals surface area contributed by atoms with Gasteiger partial charge in [0.1, 0.15) is 5.69 Å². The van der Waals surface area contributed by atoms with Crippen molar-refractivity contribution < 1.29 is 24.0 Å². The van der Waals surface area contributed by atoms with Crippen LogP contribution in [0.25, 0.3) is 0 Å². The second-order valence-corrected chi connectivity index (χ2v) is 7.57. The van der Waals surface area contributed by atoms with Crippen molar-refractivity contribution in [2.24, 2.45) is 0 Å². The van der Waals surface area contributed by atoms with E-state index in [2.05, 4.69) is 5.32 Å². The van der Waals surface area contributed by atoms with E-state index in [-0.39, 0.29) is 17.2 Å². The molecular formula is C22H21N3O6. The standard InChI is InChI=1S/C22H21N3O6/c26-20(15-3-6-17-14(11-15)5-8-21(27)23-17)13-31-22(28)16-4-7-18(19(12-16)25(29)30)24-9-1-2-10-24/h3-4,6-7,11-12H,1-2,5,8-10,13H2,(H,23,27). The van der Waals surface area contributed by atoms with Gasteiger partial charge >= 0.3 is 5.97 Å². The highest BCUT2D eigenvalue weighted by Gasteiger charge is 2.25. The molecule has 0 saturated carbocycles. The molecular weight excluding hydrogens is 402 g/mol. The Bertz CT molecular complexity index is 1070. The van der Waals surface area contributed by atoms with Gasteiger partial charge in [-0.2, -0.15) is 0 Å². The molecule has 9 nitrogen and oxygen atoms in total. The first kappa shape index (κ1) is 20.5. The number of hydrogen-bond donors (Lipinski definition) is 1. The van der Waals surface area contributed by atoms with Gasteiger partial charge in [-0.1, -0.05) is 0 Å². The number of esters is 1. The van der Waals surface area contributed by atoms with Crippen LogP contribution in [0.5, 0.6) is 0 Å². The fourth-order valence-electron chi connectivity index (χ4n) is 3.88. The minimum atomic E-state index is -0.797. The Hall–Kier alpha value is -3.75. The van der Waals surface area contributed by atoms with Gasteiger partial charge in [-0.15, -0.1) is 0 Å². The van der Waals surface area contributed by atoms with E-state index < -0.39 is 23.3 Å². The normalized spacial score (nSPS) is 15.2. The first-order valence-electron chi connectivity index (χ1n) is 10.1. The van der Waals surface area contributed by atoms with Gasteiger partial charge in [-0.05, 0) is 55.2 Å². The Morgan fingerprint density at radius 1 is 1.06 bits per heavy atom. The van der Waals surface area contributed by atoms with Crippen LogP contribution in [0.2, 0.25) is 0 Å². The molecule has 0 radical (unpaired) electrons. The summed E-state index contributed by atoms with van der Waals surface area (Å²) in [6, 6.07) is 9.13. The van der Waals surface area contributed by atoms with Gasteiger partial charge in [0.2, 0.25) is 5.91 Å². The molecule has 0 bridgehead atoms. The van der Waals surface area contributed by atoms with Gasteiger partial charge in [0, 0.05) is 36.8 Å². The molecule has 2 heterocycles. The molecule has 2 aromatic rings. The highest BCUT2D eigenvalue weighted by Crippen LogP contribution is 2.32. The average molecular weight is 423 g/mol. The van der Waals surface area contributed by atoms with E-state index >= 15 is 0 Å². The van der Waals surface area contributed by atoms with E-state index in [1.54, 1.807) is 24.3 Å². The van der Waals surface area contributed by atoms with Crippen LogP contribution in [0.4, 0.5) is 17.1 Å². The highest BCUT2D eigenvalue weighted by molar-refractivity contribution is 6.01. The maximum atomic E-state index is 12.5. The monoisotopic (exact) mass is 423 g/mol. The van der Waals surface area contributed by atoms with Gasteiger partial charge in [-0.3, -0.25) is 19.7 Å². The molecule has 2 aromatic carbocycles. The summed E-state index contributed by atoms with van der Waals surface area (Å²) >= 11 is 0. The maximum absolute atomic E-state index is 12.5. The van der Waals surface area contributed by atoms with Crippen molar-refractivity contribution in [2.45, 2.75) is 25.7 Å². The van der Waals surface area contributed by atoms with Crippen molar-refractivity contribution in [3.8, 4) is 0 Å². The predicted octanol–water partition coefficient (Wildman–Crippen LogP) is 3.12. The van der Waals surface area contributed by atoms with Crippen molar-refractivity contribution in [2.75, 3.05) is 29.9 Å². The number of carbonyl (C=O) groups excluding carboxylic acids is 3. The van der Waals surface area contributed by atoms with Crippen molar-refractivity contribution >= 4 is 34.7 Å². The number of amides is 1. The SMILES string of the molecule is O=C1CCc2cc(C(=O)COC(=O)c3ccc(N4CCCC4)c([N+](=O)[O-])c3)ccc2N1. The first-order chi connectivity index (χ1) is 14.9. The molecule has 1 amide bonds. The second kappa shape index (κ2) is 8.55. The van der Waals surface area contributed by atoms with Crippen LogP contribution >= 0.6 is 0 Å². The summed E-state index contributed by atoms with van der Waals surface area (Å²) in [6.45, 7) is 0.999. The molecule has 1 N–H and O–H groups in total. The van der Waals surface area contributed by atoms with E-state index in [0.29, 0.717) is 29.8 Å². The summed E-state index contributed by atoms with van der Waals surface area (Å²) in [5.41, 5.74) is 2.25. The molecule has 31 heavy (non-hydrogen) atoms. The Balaban J connectivity index is 1.43. The number of aryl methyl sites for hydroxylation is 1. The number of benzene rings is 2. The third-order valence-corrected chi connectivity index (χ3v) is 5.51. The Kier molecular flexibility index (Phi) is 5.66. The number of nitro groups is 1. The number of ether oxygens (including phenoxy) is 1. The van der Waals surface area contributed by atoms with E-state index in [1.807, 2.05) is 4.90 Å². The van der Waals surface area contributed by atoms with Crippen LogP contribution in [-0.4, -0.2) is 42.3 Å². The number of nitrogens with zero attached hydrogens (tertiary/aromatic N) is 2. The maximum Gasteiger partial charge on any atom is 0.338 e. The average Bonchev–Trinajstić information content (AvgIpc) is 3.31. The third kappa shape index (κ3) is 4.40. The minimum Gasteiger partial charge on any atom is -0.454 e. The van der Waals surface area contributed by atoms with E-state index in [4.69, 9.17) is 4.74 Å². The van der Waals surface area contributed by atoms with Gasteiger partial charge in [-0.25, -0.2) is 4.79 Å². The molecule has 0 spiro atoms. The minimum absolute atomic E-state index is 0.0237. The highest BCUT2D eigenvalue weighted by atomic mass is 16.6. The number of carbonyl (C=O) groups is 3. The predicted molar refractivity (Wildman–Crippen MR) is 113 cm³/mol. The summed E-state index contributed by atoms with van der Waals surface area (Å²) in [4.78, 5) is 49.2. The largest absolute Gasteiger partial charge is 0.454 e. The molecule has 9 heteroatoms. The Morgan fingerprint density at radius 2 is 1.81 bits per heavy atom. The number of nitrogens with one attached hydrogen (secondary N) is 1. The Labute approximate surface area is 178 Å². The van der Waals surface area contributed by atoms with Crippen molar-refractivity contribution in [1.29, 1.82) is 0 Å². The number of ketones is 1. The lowest BCUT2D eigenvalue weighted by Crippen LogP contribution is -2.20. The lowest BCUT2D eigenvalue weighted by molar-refractivity contribution is -0.384. The van der Waals surface area contributed by atoms with Crippen LogP contribution in [0.3, 0.4) is 0 Å². The molecule has 0 atom stereocenters. The summed E-state index contributed by atoms with van der Waals surface area (Å²) in [5, 5.41) is 14.2. The number of nitro benzene ring substituents is 1. The summed E-state index contributed by atoms with van der Waals surface area (Å²) < 4.78 is 5.11. The Morgan fingerprint density at radius 3 is 2.55 bits per heavy atom. The van der Waals surface area contributed by atoms with Crippen molar-refractivity contribution in [3.05, 3.63) is 63.2 Å². The number of Topliss-reactive ketones (excluding diaryl/α,β-unsaturated/α-hetero) is 1. The smallest absolute Gasteiger partial charge is 0.338 e. The van der Waals surface area contributed by atoms with Crippen LogP contribution in [-0.2, 0) is 16.0 Å². The third-order valence-electron chi connectivity index (χ3n) is 5.51. The molecule has 0 aliphatic carbocycles. The van der Waals surface area contributed by atoms with Crippen LogP contribution in [0.15, 0.2) is 36.4 Å². The zero-order chi connectivity index (χ0) is 22.0. The number of rotatable bonds is 6. The molecule has 0 aromatic heterocycles. The van der Waals surface area contributed by atoms with Gasteiger partial charge in [0.15, 0.2) is 12.4 Å². The van der Waals surface area contributed by atoms with Crippen molar-refractivity contribution in [1.82, 2.24) is 0 Å². The van der Waals surface area contributed by atoms with E-state index in [0.717, 1.165) is 31.5 Å². The second-order valence-electron chi connectivity index (χ2n) is 7.57. The van der Waals surface area contributed by atoms with Crippen LogP contribution < -0.4 is 10.2 Å². The molecule has 4 rings (SSSR count). The fourth-order valence-corrected chi connectivity index (χ4v) is 3.88. The number of hydrogen-bond acceptors (Lipinski definition) is 7. The quantitative estimate of drug-likeness (QED) is 0.328. The van der Waals surface area contributed by atoms with Gasteiger partial charge in [0.25, 0.3) is 5.69 Å². The lowest BCUT2D eigenvalue weighted by atomic mass is 9.99. The molecule has 1 fully saturated rings. The molecule has 0 unspecified atom stereocenters. The van der Waals surface area contributed by atoms with Crippen LogP contribution in [0.1, 0.15) is 45.5 Å². The topological polar surface area (TPSA) is 119 Å². The zero-order valence-electron chi connectivity index (χ0n) is 16.8. The number of fused-ring (bicyclic) bond motifs is 1. The number of anilines is 2. The molecule has 160 valence electrons. The summed E-state index contributed by atoms with van der Waals surface area (Å²) in [6.07, 6.45) is 2.83. The summed E-state index contributed by atoms with van der Waals surface area (Å²) in [5.74, 6) is -1.25. The molecule has 2 aliphatic rings. The zero-order valence-corrected chi connectivity index (χ0v) is 16.8. The summed E-state index contributed by atoms with van der Waals surface area (Å²) in [7, 11) is 0. The van der Waals surface area contributed by atoms with E-state index in [1.165, 1.54) is 12.1 Å². The van der Waals surface area contributed by atoms with Gasteiger partial charge < -0.3 is 15.0 Å². The van der Waals surface area contributed by atoms with Gasteiger partial charge in [0.05, 0.1) is 10.5 Å².